The van der Waals surface area contributed by atoms with Crippen molar-refractivity contribution in [3.8, 4) is 0 Å². The minimum Gasteiger partial charge on any atom is -0.350 e. The summed E-state index contributed by atoms with van der Waals surface area (Å²) in [6, 6.07) is 10.0. The first kappa shape index (κ1) is 18.8. The fourth-order valence-electron chi connectivity index (χ4n) is 2.27. The Hall–Kier alpha value is -3.49. The zero-order chi connectivity index (χ0) is 19.3. The highest BCUT2D eigenvalue weighted by atomic mass is 16.6. The molecule has 0 aromatic heterocycles. The van der Waals surface area contributed by atoms with Gasteiger partial charge in [-0.3, -0.25) is 25.0 Å². The average Bonchev–Trinajstić information content (AvgIpc) is 2.55. The number of benzene rings is 2. The Bertz CT molecular complexity index is 834. The third-order valence-corrected chi connectivity index (χ3v) is 3.43. The highest BCUT2D eigenvalue weighted by molar-refractivity contribution is 5.91. The molecule has 9 heteroatoms. The van der Waals surface area contributed by atoms with E-state index in [-0.39, 0.29) is 23.2 Å². The fourth-order valence-corrected chi connectivity index (χ4v) is 2.27. The number of carbonyl (C=O) groups excluding carboxylic acids is 1. The molecule has 9 nitrogen and oxygen atoms in total. The van der Waals surface area contributed by atoms with Crippen molar-refractivity contribution >= 4 is 34.3 Å². The molecule has 1 amide bonds. The molecule has 0 radical (unpaired) electrons. The van der Waals surface area contributed by atoms with E-state index in [1.54, 1.807) is 24.3 Å². The Kier molecular flexibility index (Phi) is 5.84. The van der Waals surface area contributed by atoms with Gasteiger partial charge in [-0.2, -0.15) is 0 Å². The van der Waals surface area contributed by atoms with Gasteiger partial charge in [0.25, 0.3) is 11.4 Å². The molecule has 0 heterocycles. The van der Waals surface area contributed by atoms with E-state index in [9.17, 15) is 25.0 Å². The van der Waals surface area contributed by atoms with Crippen LogP contribution in [0, 0.1) is 26.1 Å². The van der Waals surface area contributed by atoms with Crippen LogP contribution < -0.4 is 10.6 Å². The summed E-state index contributed by atoms with van der Waals surface area (Å²) >= 11 is 0. The van der Waals surface area contributed by atoms with Gasteiger partial charge in [-0.05, 0) is 36.2 Å². The molecular formula is C17H18N4O5. The minimum absolute atomic E-state index is 0.0910. The van der Waals surface area contributed by atoms with Gasteiger partial charge < -0.3 is 10.6 Å². The van der Waals surface area contributed by atoms with Crippen molar-refractivity contribution < 1.29 is 14.6 Å². The SMILES string of the molecule is CC(C)CC(=O)Nc1ccc(Nc2ccc([N+](=O)[O-])cc2[N+](=O)[O-])cc1. The molecule has 0 saturated carbocycles. The number of hydrogen-bond acceptors (Lipinski definition) is 6. The second-order valence-electron chi connectivity index (χ2n) is 6.06. The lowest BCUT2D eigenvalue weighted by Gasteiger charge is -2.10. The van der Waals surface area contributed by atoms with Crippen molar-refractivity contribution in [3.05, 3.63) is 62.7 Å². The van der Waals surface area contributed by atoms with Crippen molar-refractivity contribution in [1.29, 1.82) is 0 Å². The predicted molar refractivity (Wildman–Crippen MR) is 97.6 cm³/mol. The number of nitro groups is 2. The van der Waals surface area contributed by atoms with Crippen LogP contribution in [0.2, 0.25) is 0 Å². The monoisotopic (exact) mass is 358 g/mol. The van der Waals surface area contributed by atoms with Gasteiger partial charge in [-0.15, -0.1) is 0 Å². The topological polar surface area (TPSA) is 127 Å². The van der Waals surface area contributed by atoms with Crippen molar-refractivity contribution in [3.63, 3.8) is 0 Å². The number of hydrogen-bond donors (Lipinski definition) is 2. The molecule has 0 aliphatic rings. The average molecular weight is 358 g/mol. The van der Waals surface area contributed by atoms with Crippen molar-refractivity contribution in [1.82, 2.24) is 0 Å². The third-order valence-electron chi connectivity index (χ3n) is 3.43. The summed E-state index contributed by atoms with van der Waals surface area (Å²) in [6.07, 6.45) is 0.412. The molecule has 2 aromatic carbocycles. The van der Waals surface area contributed by atoms with Crippen LogP contribution >= 0.6 is 0 Å². The van der Waals surface area contributed by atoms with Crippen LogP contribution in [0.1, 0.15) is 20.3 Å². The van der Waals surface area contributed by atoms with Gasteiger partial charge in [0.1, 0.15) is 5.69 Å². The Labute approximate surface area is 149 Å². The van der Waals surface area contributed by atoms with Gasteiger partial charge in [-0.1, -0.05) is 13.8 Å². The van der Waals surface area contributed by atoms with Crippen LogP contribution in [-0.2, 0) is 4.79 Å². The first-order valence-electron chi connectivity index (χ1n) is 7.86. The van der Waals surface area contributed by atoms with Crippen molar-refractivity contribution in [2.75, 3.05) is 10.6 Å². The first-order chi connectivity index (χ1) is 12.3. The number of anilines is 3. The highest BCUT2D eigenvalue weighted by Gasteiger charge is 2.19. The molecule has 2 aromatic rings. The molecule has 0 unspecified atom stereocenters. The summed E-state index contributed by atoms with van der Waals surface area (Å²) < 4.78 is 0. The van der Waals surface area contributed by atoms with E-state index in [0.717, 1.165) is 6.07 Å². The number of non-ortho nitro benzene ring substituents is 1. The molecule has 0 aliphatic carbocycles. The van der Waals surface area contributed by atoms with Crippen molar-refractivity contribution in [2.45, 2.75) is 20.3 Å². The molecule has 0 atom stereocenters. The molecule has 0 aliphatic heterocycles. The van der Waals surface area contributed by atoms with E-state index < -0.39 is 15.5 Å². The molecule has 0 spiro atoms. The summed E-state index contributed by atoms with van der Waals surface area (Å²) in [4.78, 5) is 32.3. The number of amides is 1. The second kappa shape index (κ2) is 8.06. The largest absolute Gasteiger partial charge is 0.350 e. The van der Waals surface area contributed by atoms with E-state index in [2.05, 4.69) is 10.6 Å². The standard InChI is InChI=1S/C17H18N4O5/c1-11(2)9-17(22)19-13-5-3-12(4-6-13)18-15-8-7-14(20(23)24)10-16(15)21(25)26/h3-8,10-11,18H,9H2,1-2H3,(H,19,22). The summed E-state index contributed by atoms with van der Waals surface area (Å²) in [7, 11) is 0. The Morgan fingerprint density at radius 3 is 2.15 bits per heavy atom. The van der Waals surface area contributed by atoms with E-state index in [1.807, 2.05) is 13.8 Å². The number of carbonyl (C=O) groups is 1. The third kappa shape index (κ3) is 5.00. The first-order valence-corrected chi connectivity index (χ1v) is 7.86. The zero-order valence-corrected chi connectivity index (χ0v) is 14.3. The Morgan fingerprint density at radius 2 is 1.62 bits per heavy atom. The molecule has 0 saturated heterocycles. The quantitative estimate of drug-likeness (QED) is 0.563. The number of rotatable bonds is 7. The van der Waals surface area contributed by atoms with Gasteiger partial charge >= 0.3 is 0 Å². The summed E-state index contributed by atoms with van der Waals surface area (Å²) in [5.41, 5.74) is 0.541. The lowest BCUT2D eigenvalue weighted by atomic mass is 10.1. The van der Waals surface area contributed by atoms with Crippen LogP contribution in [0.5, 0.6) is 0 Å². The summed E-state index contributed by atoms with van der Waals surface area (Å²) in [5.74, 6) is 0.158. The minimum atomic E-state index is -0.689. The maximum atomic E-state index is 11.7. The predicted octanol–water partition coefficient (Wildman–Crippen LogP) is 4.23. The van der Waals surface area contributed by atoms with Gasteiger partial charge in [0.15, 0.2) is 0 Å². The maximum absolute atomic E-state index is 11.7. The lowest BCUT2D eigenvalue weighted by molar-refractivity contribution is -0.393. The number of nitrogens with one attached hydrogen (secondary N) is 2. The van der Waals surface area contributed by atoms with E-state index >= 15 is 0 Å². The van der Waals surface area contributed by atoms with Crippen molar-refractivity contribution in [2.24, 2.45) is 5.92 Å². The van der Waals surface area contributed by atoms with Gasteiger partial charge in [-0.25, -0.2) is 0 Å². The zero-order valence-electron chi connectivity index (χ0n) is 14.3. The van der Waals surface area contributed by atoms with E-state index in [4.69, 9.17) is 0 Å². The Balaban J connectivity index is 2.15. The fraction of sp³-hybridized carbons (Fsp3) is 0.235. The maximum Gasteiger partial charge on any atom is 0.299 e. The molecule has 2 rings (SSSR count). The van der Waals surface area contributed by atoms with Crippen LogP contribution in [0.4, 0.5) is 28.4 Å². The van der Waals surface area contributed by atoms with Gasteiger partial charge in [0.2, 0.25) is 5.91 Å². The van der Waals surface area contributed by atoms with Crippen LogP contribution in [0.25, 0.3) is 0 Å². The molecule has 0 fully saturated rings. The summed E-state index contributed by atoms with van der Waals surface area (Å²) in [5, 5.41) is 27.5. The van der Waals surface area contributed by atoms with Crippen LogP contribution in [-0.4, -0.2) is 15.8 Å². The van der Waals surface area contributed by atoms with E-state index in [0.29, 0.717) is 17.8 Å². The van der Waals surface area contributed by atoms with Gasteiger partial charge in [0, 0.05) is 23.9 Å². The van der Waals surface area contributed by atoms with Gasteiger partial charge in [0.05, 0.1) is 15.9 Å². The number of nitro benzene ring substituents is 2. The Morgan fingerprint density at radius 1 is 1.00 bits per heavy atom. The smallest absolute Gasteiger partial charge is 0.299 e. The van der Waals surface area contributed by atoms with Crippen LogP contribution in [0.3, 0.4) is 0 Å². The van der Waals surface area contributed by atoms with E-state index in [1.165, 1.54) is 12.1 Å². The molecule has 2 N–H and O–H groups in total. The molecule has 26 heavy (non-hydrogen) atoms. The highest BCUT2D eigenvalue weighted by Crippen LogP contribution is 2.31. The summed E-state index contributed by atoms with van der Waals surface area (Å²) in [6.45, 7) is 3.90. The second-order valence-corrected chi connectivity index (χ2v) is 6.06. The molecule has 136 valence electrons. The molecular weight excluding hydrogens is 340 g/mol. The number of nitrogens with zero attached hydrogens (tertiary/aromatic N) is 2. The normalized spacial score (nSPS) is 10.4. The van der Waals surface area contributed by atoms with Crippen LogP contribution in [0.15, 0.2) is 42.5 Å². The lowest BCUT2D eigenvalue weighted by Crippen LogP contribution is -2.13. The molecule has 0 bridgehead atoms.